The first-order valence-electron chi connectivity index (χ1n) is 12.7. The number of esters is 4. The van der Waals surface area contributed by atoms with Crippen molar-refractivity contribution in [1.29, 1.82) is 0 Å². The number of benzene rings is 1. The zero-order chi connectivity index (χ0) is 29.5. The minimum atomic E-state index is -2.43. The number of hydrogen-bond donors (Lipinski definition) is 0. The van der Waals surface area contributed by atoms with Crippen LogP contribution in [0.3, 0.4) is 0 Å². The second-order valence-electron chi connectivity index (χ2n) is 10.8. The number of carbonyl (C=O) groups excluding carboxylic acids is 4. The SMILES string of the molecule is CC(=O)OC[C@H]1OC(OC(O[Si](C)(C)C(C)(C)C)c2ccccc2)[C@H](OC(C)=O)[C@@H](OC(C)=O)[C@H]1OC(C)=O. The standard InChI is InChI=1S/C27H40O11Si/c1-16(28)32-15-21-22(33-17(2)29)23(34-18(3)30)24(35-19(4)31)26(36-21)37-25(20-13-11-10-12-14-20)38-39(8,9)27(5,6)7/h10-14,21-26H,15H2,1-9H3/t21-,22+,23+,24-,25?,26?/m1/s1. The van der Waals surface area contributed by atoms with Crippen LogP contribution in [-0.2, 0) is 52.0 Å². The molecule has 2 rings (SSSR count). The minimum Gasteiger partial charge on any atom is -0.463 e. The van der Waals surface area contributed by atoms with Gasteiger partial charge >= 0.3 is 23.9 Å². The molecular weight excluding hydrogens is 528 g/mol. The van der Waals surface area contributed by atoms with Crippen molar-refractivity contribution in [3.8, 4) is 0 Å². The molecule has 0 radical (unpaired) electrons. The molecule has 218 valence electrons. The molecule has 2 unspecified atom stereocenters. The lowest BCUT2D eigenvalue weighted by Crippen LogP contribution is -2.63. The second-order valence-corrected chi connectivity index (χ2v) is 15.6. The monoisotopic (exact) mass is 568 g/mol. The van der Waals surface area contributed by atoms with E-state index in [9.17, 15) is 19.2 Å². The Morgan fingerprint density at radius 1 is 0.821 bits per heavy atom. The van der Waals surface area contributed by atoms with Gasteiger partial charge in [0.1, 0.15) is 12.7 Å². The minimum absolute atomic E-state index is 0.176. The molecule has 11 nitrogen and oxygen atoms in total. The normalized spacial score (nSPS) is 24.3. The molecule has 0 saturated carbocycles. The predicted molar refractivity (Wildman–Crippen MR) is 141 cm³/mol. The zero-order valence-corrected chi connectivity index (χ0v) is 25.0. The maximum atomic E-state index is 12.2. The maximum absolute atomic E-state index is 12.2. The van der Waals surface area contributed by atoms with E-state index in [1.54, 1.807) is 0 Å². The molecular formula is C27H40O11Si. The van der Waals surface area contributed by atoms with Crippen LogP contribution in [0, 0.1) is 0 Å². The van der Waals surface area contributed by atoms with Crippen molar-refractivity contribution in [1.82, 2.24) is 0 Å². The predicted octanol–water partition coefficient (Wildman–Crippen LogP) is 3.81. The molecule has 0 spiro atoms. The highest BCUT2D eigenvalue weighted by atomic mass is 28.4. The van der Waals surface area contributed by atoms with Gasteiger partial charge in [-0.15, -0.1) is 0 Å². The van der Waals surface area contributed by atoms with Gasteiger partial charge in [-0.25, -0.2) is 0 Å². The summed E-state index contributed by atoms with van der Waals surface area (Å²) in [6.45, 7) is 14.7. The highest BCUT2D eigenvalue weighted by molar-refractivity contribution is 6.74. The first kappa shape index (κ1) is 32.4. The van der Waals surface area contributed by atoms with Crippen molar-refractivity contribution >= 4 is 32.2 Å². The van der Waals surface area contributed by atoms with Crippen molar-refractivity contribution in [3.05, 3.63) is 35.9 Å². The van der Waals surface area contributed by atoms with Crippen LogP contribution in [0.5, 0.6) is 0 Å². The van der Waals surface area contributed by atoms with E-state index in [1.165, 1.54) is 13.8 Å². The van der Waals surface area contributed by atoms with E-state index in [0.717, 1.165) is 13.8 Å². The van der Waals surface area contributed by atoms with Gasteiger partial charge in [0.2, 0.25) is 6.29 Å². The summed E-state index contributed by atoms with van der Waals surface area (Å²) in [6.07, 6.45) is -7.40. The molecule has 1 saturated heterocycles. The van der Waals surface area contributed by atoms with Crippen LogP contribution in [-0.4, -0.2) is 69.5 Å². The van der Waals surface area contributed by atoms with Crippen LogP contribution in [0.15, 0.2) is 30.3 Å². The molecule has 0 bridgehead atoms. The van der Waals surface area contributed by atoms with Crippen molar-refractivity contribution in [2.24, 2.45) is 0 Å². The summed E-state index contributed by atoms with van der Waals surface area (Å²) in [5.74, 6) is -2.75. The fourth-order valence-electron chi connectivity index (χ4n) is 3.65. The average Bonchev–Trinajstić information content (AvgIpc) is 2.80. The van der Waals surface area contributed by atoms with Gasteiger partial charge in [0.15, 0.2) is 32.9 Å². The van der Waals surface area contributed by atoms with Crippen LogP contribution in [0.4, 0.5) is 0 Å². The first-order valence-corrected chi connectivity index (χ1v) is 15.6. The van der Waals surface area contributed by atoms with E-state index in [2.05, 4.69) is 33.9 Å². The van der Waals surface area contributed by atoms with Crippen molar-refractivity contribution in [2.45, 2.75) is 104 Å². The molecule has 0 aromatic heterocycles. The third-order valence-corrected chi connectivity index (χ3v) is 10.9. The van der Waals surface area contributed by atoms with E-state index >= 15 is 0 Å². The molecule has 1 heterocycles. The molecule has 1 aliphatic heterocycles. The highest BCUT2D eigenvalue weighted by Gasteiger charge is 2.54. The lowest BCUT2D eigenvalue weighted by molar-refractivity contribution is -0.334. The quantitative estimate of drug-likeness (QED) is 0.177. The number of rotatable bonds is 10. The fourth-order valence-corrected chi connectivity index (χ4v) is 4.73. The summed E-state index contributed by atoms with van der Waals surface area (Å²) < 4.78 is 40.7. The van der Waals surface area contributed by atoms with E-state index in [-0.39, 0.29) is 11.6 Å². The third-order valence-electron chi connectivity index (χ3n) is 6.49. The van der Waals surface area contributed by atoms with E-state index in [0.29, 0.717) is 5.56 Å². The Labute approximate surface area is 230 Å². The maximum Gasteiger partial charge on any atom is 0.303 e. The Kier molecular flexibility index (Phi) is 11.2. The Bertz CT molecular complexity index is 1000. The lowest BCUT2D eigenvalue weighted by Gasteiger charge is -2.46. The smallest absolute Gasteiger partial charge is 0.303 e. The summed E-state index contributed by atoms with van der Waals surface area (Å²) in [5, 5.41) is -0.176. The van der Waals surface area contributed by atoms with Gasteiger partial charge in [-0.3, -0.25) is 19.2 Å². The lowest BCUT2D eigenvalue weighted by atomic mass is 9.98. The van der Waals surface area contributed by atoms with Gasteiger partial charge in [0, 0.05) is 33.3 Å². The Morgan fingerprint density at radius 3 is 1.82 bits per heavy atom. The third kappa shape index (κ3) is 9.41. The van der Waals surface area contributed by atoms with Crippen LogP contribution in [0.1, 0.15) is 60.3 Å². The van der Waals surface area contributed by atoms with Crippen LogP contribution in [0.25, 0.3) is 0 Å². The summed E-state index contributed by atoms with van der Waals surface area (Å²) >= 11 is 0. The van der Waals surface area contributed by atoms with Crippen LogP contribution in [0.2, 0.25) is 18.1 Å². The van der Waals surface area contributed by atoms with E-state index < -0.39 is 69.2 Å². The Balaban J connectivity index is 2.58. The van der Waals surface area contributed by atoms with Gasteiger partial charge in [-0.1, -0.05) is 51.1 Å². The fraction of sp³-hybridized carbons (Fsp3) is 0.630. The van der Waals surface area contributed by atoms with E-state index in [1.807, 2.05) is 30.3 Å². The largest absolute Gasteiger partial charge is 0.463 e. The highest BCUT2D eigenvalue weighted by Crippen LogP contribution is 2.41. The van der Waals surface area contributed by atoms with Crippen molar-refractivity contribution < 1.29 is 52.0 Å². The molecule has 0 N–H and O–H groups in total. The van der Waals surface area contributed by atoms with Gasteiger partial charge in [-0.2, -0.15) is 0 Å². The first-order chi connectivity index (χ1) is 18.0. The molecule has 12 heteroatoms. The number of carbonyl (C=O) groups is 4. The van der Waals surface area contributed by atoms with Crippen LogP contribution < -0.4 is 0 Å². The molecule has 1 fully saturated rings. The summed E-state index contributed by atoms with van der Waals surface area (Å²) in [5.41, 5.74) is 0.676. The number of hydrogen-bond acceptors (Lipinski definition) is 11. The second kappa shape index (κ2) is 13.5. The summed E-state index contributed by atoms with van der Waals surface area (Å²) in [6, 6.07) is 9.15. The topological polar surface area (TPSA) is 133 Å². The average molecular weight is 569 g/mol. The van der Waals surface area contributed by atoms with Gasteiger partial charge in [0.05, 0.1) is 0 Å². The summed E-state index contributed by atoms with van der Waals surface area (Å²) in [7, 11) is -2.43. The van der Waals surface area contributed by atoms with Crippen molar-refractivity contribution in [3.63, 3.8) is 0 Å². The molecule has 1 aromatic rings. The molecule has 0 aliphatic carbocycles. The van der Waals surface area contributed by atoms with Crippen LogP contribution >= 0.6 is 0 Å². The molecule has 0 amide bonds. The molecule has 1 aliphatic rings. The van der Waals surface area contributed by atoms with E-state index in [4.69, 9.17) is 32.8 Å². The molecule has 1 aromatic carbocycles. The zero-order valence-electron chi connectivity index (χ0n) is 24.0. The molecule has 39 heavy (non-hydrogen) atoms. The Morgan fingerprint density at radius 2 is 1.33 bits per heavy atom. The van der Waals surface area contributed by atoms with Gasteiger partial charge in [-0.05, 0) is 18.1 Å². The molecule has 6 atom stereocenters. The van der Waals surface area contributed by atoms with Gasteiger partial charge in [0.25, 0.3) is 0 Å². The van der Waals surface area contributed by atoms with Crippen molar-refractivity contribution in [2.75, 3.05) is 6.61 Å². The number of ether oxygens (including phenoxy) is 6. The van der Waals surface area contributed by atoms with Gasteiger partial charge < -0.3 is 32.8 Å². The Hall–Kier alpha value is -2.80. The summed E-state index contributed by atoms with van der Waals surface area (Å²) in [4.78, 5) is 47.8.